The van der Waals surface area contributed by atoms with Crippen molar-refractivity contribution in [1.82, 2.24) is 5.32 Å². The molecule has 9 heavy (non-hydrogen) atoms. The normalized spacial score (nSPS) is 39.0. The molecular weight excluding hydrogens is 118 g/mol. The van der Waals surface area contributed by atoms with Crippen LogP contribution in [0.25, 0.3) is 0 Å². The van der Waals surface area contributed by atoms with E-state index in [-0.39, 0.29) is 18.2 Å². The molecule has 1 rings (SSSR count). The molecule has 0 amide bonds. The highest BCUT2D eigenvalue weighted by Crippen LogP contribution is 2.08. The van der Waals surface area contributed by atoms with Gasteiger partial charge in [-0.25, -0.2) is 0 Å². The molecule has 0 radical (unpaired) electrons. The van der Waals surface area contributed by atoms with E-state index in [4.69, 9.17) is 10.2 Å². The van der Waals surface area contributed by atoms with Crippen LogP contribution in [0.5, 0.6) is 0 Å². The molecule has 54 valence electrons. The molecule has 1 saturated heterocycles. The van der Waals surface area contributed by atoms with Crippen molar-refractivity contribution < 1.29 is 10.2 Å². The van der Waals surface area contributed by atoms with Crippen molar-refractivity contribution in [3.63, 3.8) is 0 Å². The van der Waals surface area contributed by atoms with Gasteiger partial charge < -0.3 is 15.5 Å². The average Bonchev–Trinajstić information content (AvgIpc) is 2.14. The van der Waals surface area contributed by atoms with Crippen LogP contribution in [0, 0.1) is 0 Å². The number of aliphatic hydroxyl groups is 2. The maximum absolute atomic E-state index is 9.00. The molecule has 3 nitrogen and oxygen atoms in total. The zero-order chi connectivity index (χ0) is 6.85. The van der Waals surface area contributed by atoms with Crippen molar-refractivity contribution in [2.24, 2.45) is 0 Å². The van der Waals surface area contributed by atoms with Crippen LogP contribution in [-0.4, -0.2) is 35.0 Å². The third kappa shape index (κ3) is 1.64. The van der Waals surface area contributed by atoms with Crippen LogP contribution in [0.2, 0.25) is 0 Å². The van der Waals surface area contributed by atoms with Gasteiger partial charge in [0, 0.05) is 12.6 Å². The molecule has 1 aliphatic heterocycles. The maximum Gasteiger partial charge on any atom is 0.0680 e. The second kappa shape index (κ2) is 2.64. The molecule has 0 spiro atoms. The molecule has 1 heterocycles. The lowest BCUT2D eigenvalue weighted by Gasteiger charge is -2.11. The SMILES string of the molecule is C[C@@H](O)[C@@H]1C[C@H](O)CN1. The third-order valence-corrected chi connectivity index (χ3v) is 1.72. The molecule has 0 bridgehead atoms. The number of hydrogen-bond donors (Lipinski definition) is 3. The van der Waals surface area contributed by atoms with Crippen LogP contribution in [0.1, 0.15) is 13.3 Å². The second-order valence-corrected chi connectivity index (χ2v) is 2.64. The number of aliphatic hydroxyl groups excluding tert-OH is 2. The van der Waals surface area contributed by atoms with Gasteiger partial charge in [-0.05, 0) is 13.3 Å². The first-order valence-electron chi connectivity index (χ1n) is 3.29. The summed E-state index contributed by atoms with van der Waals surface area (Å²) < 4.78 is 0. The van der Waals surface area contributed by atoms with Crippen LogP contribution >= 0.6 is 0 Å². The van der Waals surface area contributed by atoms with Gasteiger partial charge in [0.15, 0.2) is 0 Å². The standard InChI is InChI=1S/C6H13NO2/c1-4(8)6-2-5(9)3-7-6/h4-9H,2-3H2,1H3/t4-,5+,6+/m1/s1. The summed E-state index contributed by atoms with van der Waals surface area (Å²) in [5.74, 6) is 0. The van der Waals surface area contributed by atoms with Crippen LogP contribution in [0.3, 0.4) is 0 Å². The Kier molecular flexibility index (Phi) is 2.05. The maximum atomic E-state index is 9.00. The lowest BCUT2D eigenvalue weighted by molar-refractivity contribution is 0.139. The molecule has 0 aromatic rings. The summed E-state index contributed by atoms with van der Waals surface area (Å²) in [5.41, 5.74) is 0. The Morgan fingerprint density at radius 1 is 1.67 bits per heavy atom. The molecule has 3 N–H and O–H groups in total. The topological polar surface area (TPSA) is 52.5 Å². The Bertz CT molecular complexity index is 95.1. The van der Waals surface area contributed by atoms with Crippen LogP contribution < -0.4 is 5.32 Å². The average molecular weight is 131 g/mol. The Hall–Kier alpha value is -0.120. The second-order valence-electron chi connectivity index (χ2n) is 2.64. The van der Waals surface area contributed by atoms with Gasteiger partial charge in [0.2, 0.25) is 0 Å². The zero-order valence-corrected chi connectivity index (χ0v) is 5.54. The zero-order valence-electron chi connectivity index (χ0n) is 5.54. The molecule has 0 unspecified atom stereocenters. The fourth-order valence-corrected chi connectivity index (χ4v) is 1.11. The van der Waals surface area contributed by atoms with E-state index in [1.165, 1.54) is 0 Å². The Morgan fingerprint density at radius 2 is 2.33 bits per heavy atom. The van der Waals surface area contributed by atoms with Gasteiger partial charge in [-0.15, -0.1) is 0 Å². The van der Waals surface area contributed by atoms with Gasteiger partial charge in [0.1, 0.15) is 0 Å². The molecule has 1 aliphatic rings. The summed E-state index contributed by atoms with van der Waals surface area (Å²) in [6.45, 7) is 2.35. The molecule has 1 fully saturated rings. The minimum Gasteiger partial charge on any atom is -0.392 e. The highest BCUT2D eigenvalue weighted by Gasteiger charge is 2.24. The van der Waals surface area contributed by atoms with Gasteiger partial charge in [0.05, 0.1) is 12.2 Å². The van der Waals surface area contributed by atoms with Gasteiger partial charge in [-0.2, -0.15) is 0 Å². The molecule has 0 saturated carbocycles. The fourth-order valence-electron chi connectivity index (χ4n) is 1.11. The molecular formula is C6H13NO2. The van der Waals surface area contributed by atoms with Crippen LogP contribution in [0.4, 0.5) is 0 Å². The number of β-amino-alcohol motifs (C(OH)–C–C–N with tert-alkyl or cyclic N) is 1. The molecule has 0 aromatic heterocycles. The van der Waals surface area contributed by atoms with Gasteiger partial charge in [0.25, 0.3) is 0 Å². The van der Waals surface area contributed by atoms with E-state index in [0.717, 1.165) is 0 Å². The van der Waals surface area contributed by atoms with Crippen molar-refractivity contribution in [3.05, 3.63) is 0 Å². The Balaban J connectivity index is 2.30. The number of hydrogen-bond acceptors (Lipinski definition) is 3. The summed E-state index contributed by atoms with van der Waals surface area (Å²) in [7, 11) is 0. The third-order valence-electron chi connectivity index (χ3n) is 1.72. The van der Waals surface area contributed by atoms with E-state index >= 15 is 0 Å². The van der Waals surface area contributed by atoms with Crippen molar-refractivity contribution >= 4 is 0 Å². The van der Waals surface area contributed by atoms with Gasteiger partial charge in [-0.1, -0.05) is 0 Å². The van der Waals surface area contributed by atoms with E-state index in [9.17, 15) is 0 Å². The van der Waals surface area contributed by atoms with E-state index in [1.54, 1.807) is 6.92 Å². The summed E-state index contributed by atoms with van der Waals surface area (Å²) in [6, 6.07) is 0.0972. The first-order valence-corrected chi connectivity index (χ1v) is 3.29. The summed E-state index contributed by atoms with van der Waals surface area (Å²) >= 11 is 0. The smallest absolute Gasteiger partial charge is 0.0680 e. The van der Waals surface area contributed by atoms with E-state index < -0.39 is 0 Å². The number of nitrogens with one attached hydrogen (secondary N) is 1. The fraction of sp³-hybridized carbons (Fsp3) is 1.00. The summed E-state index contributed by atoms with van der Waals surface area (Å²) in [6.07, 6.45) is 0.0734. The highest BCUT2D eigenvalue weighted by molar-refractivity contribution is 4.84. The lowest BCUT2D eigenvalue weighted by atomic mass is 10.1. The largest absolute Gasteiger partial charge is 0.392 e. The quantitative estimate of drug-likeness (QED) is 0.432. The van der Waals surface area contributed by atoms with Gasteiger partial charge >= 0.3 is 0 Å². The van der Waals surface area contributed by atoms with Gasteiger partial charge in [-0.3, -0.25) is 0 Å². The Morgan fingerprint density at radius 3 is 2.56 bits per heavy atom. The van der Waals surface area contributed by atoms with Crippen molar-refractivity contribution in [2.75, 3.05) is 6.54 Å². The minimum absolute atomic E-state index is 0.0972. The van der Waals surface area contributed by atoms with Crippen molar-refractivity contribution in [2.45, 2.75) is 31.6 Å². The molecule has 0 aromatic carbocycles. The summed E-state index contributed by atoms with van der Waals surface area (Å²) in [4.78, 5) is 0. The summed E-state index contributed by atoms with van der Waals surface area (Å²) in [5, 5.41) is 21.0. The van der Waals surface area contributed by atoms with E-state index in [1.807, 2.05) is 0 Å². The molecule has 3 atom stereocenters. The predicted molar refractivity (Wildman–Crippen MR) is 34.1 cm³/mol. The first kappa shape index (κ1) is 6.99. The lowest BCUT2D eigenvalue weighted by Crippen LogP contribution is -2.32. The predicted octanol–water partition coefficient (Wildman–Crippen LogP) is -0.910. The van der Waals surface area contributed by atoms with Crippen molar-refractivity contribution in [1.29, 1.82) is 0 Å². The Labute approximate surface area is 54.7 Å². The highest BCUT2D eigenvalue weighted by atomic mass is 16.3. The van der Waals surface area contributed by atoms with E-state index in [0.29, 0.717) is 13.0 Å². The van der Waals surface area contributed by atoms with E-state index in [2.05, 4.69) is 5.32 Å². The molecule has 0 aliphatic carbocycles. The van der Waals surface area contributed by atoms with Crippen molar-refractivity contribution in [3.8, 4) is 0 Å². The van der Waals surface area contributed by atoms with Crippen LogP contribution in [-0.2, 0) is 0 Å². The number of rotatable bonds is 1. The minimum atomic E-state index is -0.345. The first-order chi connectivity index (χ1) is 4.20. The molecule has 3 heteroatoms. The monoisotopic (exact) mass is 131 g/mol. The van der Waals surface area contributed by atoms with Crippen LogP contribution in [0.15, 0.2) is 0 Å².